The monoisotopic (exact) mass is 447 g/mol. The van der Waals surface area contributed by atoms with Gasteiger partial charge in [0, 0.05) is 30.1 Å². The van der Waals surface area contributed by atoms with Crippen molar-refractivity contribution in [2.45, 2.75) is 12.8 Å². The van der Waals surface area contributed by atoms with Gasteiger partial charge in [0.25, 0.3) is 5.91 Å². The number of halogens is 2. The molecular weight excluding hydrogens is 425 g/mol. The number of carbonyl (C=O) groups excluding carboxylic acids is 2. The molecule has 0 aliphatic carbocycles. The van der Waals surface area contributed by atoms with Crippen molar-refractivity contribution in [2.24, 2.45) is 11.0 Å². The van der Waals surface area contributed by atoms with Gasteiger partial charge in [-0.15, -0.1) is 0 Å². The second-order valence-corrected chi connectivity index (χ2v) is 7.41. The number of amides is 2. The van der Waals surface area contributed by atoms with E-state index >= 15 is 0 Å². The number of nitrogens with zero attached hydrogens (tertiary/aromatic N) is 2. The Hall–Kier alpha value is -3.13. The van der Waals surface area contributed by atoms with Gasteiger partial charge in [0.05, 0.1) is 25.5 Å². The molecule has 9 heteroatoms. The summed E-state index contributed by atoms with van der Waals surface area (Å²) >= 11 is 5.93. The zero-order valence-corrected chi connectivity index (χ0v) is 18.0. The van der Waals surface area contributed by atoms with E-state index in [0.29, 0.717) is 43.0 Å². The van der Waals surface area contributed by atoms with Gasteiger partial charge >= 0.3 is 0 Å². The molecule has 1 aliphatic rings. The third-order valence-electron chi connectivity index (χ3n) is 5.15. The minimum atomic E-state index is -0.521. The average Bonchev–Trinajstić information content (AvgIpc) is 2.80. The highest BCUT2D eigenvalue weighted by Gasteiger charge is 2.28. The van der Waals surface area contributed by atoms with Crippen LogP contribution in [0, 0.1) is 11.7 Å². The van der Waals surface area contributed by atoms with Crippen molar-refractivity contribution < 1.29 is 23.5 Å². The molecule has 1 N–H and O–H groups in total. The maximum Gasteiger partial charge on any atom is 0.253 e. The van der Waals surface area contributed by atoms with Crippen molar-refractivity contribution in [2.75, 3.05) is 27.3 Å². The first-order chi connectivity index (χ1) is 14.9. The number of likely N-dealkylation sites (tertiary alicyclic amines) is 1. The normalized spacial score (nSPS) is 14.5. The van der Waals surface area contributed by atoms with Crippen molar-refractivity contribution in [1.82, 2.24) is 10.3 Å². The van der Waals surface area contributed by atoms with Gasteiger partial charge < -0.3 is 14.4 Å². The molecule has 1 heterocycles. The van der Waals surface area contributed by atoms with Crippen LogP contribution >= 0.6 is 11.6 Å². The molecule has 0 radical (unpaired) electrons. The maximum absolute atomic E-state index is 13.7. The summed E-state index contributed by atoms with van der Waals surface area (Å²) < 4.78 is 24.2. The molecular formula is C22H23ClFN3O4. The molecule has 1 saturated heterocycles. The number of piperidine rings is 1. The first kappa shape index (κ1) is 22.6. The smallest absolute Gasteiger partial charge is 0.253 e. The highest BCUT2D eigenvalue weighted by molar-refractivity contribution is 6.33. The molecule has 2 aromatic rings. The van der Waals surface area contributed by atoms with Crippen molar-refractivity contribution in [3.63, 3.8) is 0 Å². The number of nitrogens with one attached hydrogen (secondary N) is 1. The molecule has 0 spiro atoms. The van der Waals surface area contributed by atoms with Crippen LogP contribution in [0.2, 0.25) is 5.02 Å². The predicted molar refractivity (Wildman–Crippen MR) is 115 cm³/mol. The van der Waals surface area contributed by atoms with Gasteiger partial charge in [-0.1, -0.05) is 17.7 Å². The van der Waals surface area contributed by atoms with Gasteiger partial charge in [-0.25, -0.2) is 9.82 Å². The van der Waals surface area contributed by atoms with Crippen LogP contribution in [0.1, 0.15) is 28.8 Å². The minimum absolute atomic E-state index is 0.111. The van der Waals surface area contributed by atoms with E-state index in [1.165, 1.54) is 32.6 Å². The number of hydrogen-bond donors (Lipinski definition) is 1. The molecule has 31 heavy (non-hydrogen) atoms. The lowest BCUT2D eigenvalue weighted by Gasteiger charge is -2.31. The van der Waals surface area contributed by atoms with Crippen LogP contribution in [0.5, 0.6) is 11.5 Å². The van der Waals surface area contributed by atoms with E-state index in [-0.39, 0.29) is 28.3 Å². The fourth-order valence-electron chi connectivity index (χ4n) is 3.38. The van der Waals surface area contributed by atoms with Crippen molar-refractivity contribution in [1.29, 1.82) is 0 Å². The summed E-state index contributed by atoms with van der Waals surface area (Å²) in [5.74, 6) is -0.189. The highest BCUT2D eigenvalue weighted by Crippen LogP contribution is 2.29. The third-order valence-corrected chi connectivity index (χ3v) is 5.48. The maximum atomic E-state index is 13.7. The molecule has 1 fully saturated rings. The molecule has 3 rings (SSSR count). The summed E-state index contributed by atoms with van der Waals surface area (Å²) in [6.07, 6.45) is 2.19. The van der Waals surface area contributed by atoms with Crippen molar-refractivity contribution in [3.8, 4) is 11.5 Å². The molecule has 0 unspecified atom stereocenters. The summed E-state index contributed by atoms with van der Waals surface area (Å²) in [4.78, 5) is 26.9. The number of benzene rings is 2. The summed E-state index contributed by atoms with van der Waals surface area (Å²) in [6.45, 7) is 0.877. The van der Waals surface area contributed by atoms with Crippen LogP contribution in [0.15, 0.2) is 41.5 Å². The topological polar surface area (TPSA) is 80.2 Å². The molecule has 1 aliphatic heterocycles. The number of carbonyl (C=O) groups is 2. The van der Waals surface area contributed by atoms with Crippen LogP contribution < -0.4 is 14.9 Å². The Kier molecular flexibility index (Phi) is 7.46. The molecule has 0 atom stereocenters. The molecule has 164 valence electrons. The minimum Gasteiger partial charge on any atom is -0.493 e. The van der Waals surface area contributed by atoms with Crippen molar-refractivity contribution in [3.05, 3.63) is 58.4 Å². The first-order valence-electron chi connectivity index (χ1n) is 9.72. The molecule has 2 amide bonds. The van der Waals surface area contributed by atoms with Gasteiger partial charge in [0.15, 0.2) is 11.5 Å². The quantitative estimate of drug-likeness (QED) is 0.543. The number of ether oxygens (including phenoxy) is 2. The van der Waals surface area contributed by atoms with Gasteiger partial charge in [-0.2, -0.15) is 5.10 Å². The number of hydrazone groups is 1. The Bertz CT molecular complexity index is 970. The lowest BCUT2D eigenvalue weighted by Crippen LogP contribution is -2.42. The van der Waals surface area contributed by atoms with E-state index in [2.05, 4.69) is 10.5 Å². The zero-order valence-electron chi connectivity index (χ0n) is 17.2. The number of hydrogen-bond acceptors (Lipinski definition) is 5. The Labute approximate surface area is 184 Å². The number of methoxy groups -OCH3 is 2. The summed E-state index contributed by atoms with van der Waals surface area (Å²) in [6, 6.07) is 9.31. The van der Waals surface area contributed by atoms with E-state index in [9.17, 15) is 14.0 Å². The number of rotatable bonds is 6. The Morgan fingerprint density at radius 3 is 2.52 bits per heavy atom. The van der Waals surface area contributed by atoms with E-state index in [0.717, 1.165) is 0 Å². The summed E-state index contributed by atoms with van der Waals surface area (Å²) in [7, 11) is 3.04. The largest absolute Gasteiger partial charge is 0.493 e. The lowest BCUT2D eigenvalue weighted by molar-refractivity contribution is -0.126. The second-order valence-electron chi connectivity index (χ2n) is 7.01. The van der Waals surface area contributed by atoms with E-state index in [4.69, 9.17) is 21.1 Å². The first-order valence-corrected chi connectivity index (χ1v) is 10.1. The molecule has 0 bridgehead atoms. The average molecular weight is 448 g/mol. The zero-order chi connectivity index (χ0) is 22.4. The van der Waals surface area contributed by atoms with Gasteiger partial charge in [-0.05, 0) is 43.2 Å². The van der Waals surface area contributed by atoms with Gasteiger partial charge in [0.1, 0.15) is 5.82 Å². The van der Waals surface area contributed by atoms with E-state index in [1.807, 2.05) is 0 Å². The fraction of sp³-hybridized carbons (Fsp3) is 0.318. The van der Waals surface area contributed by atoms with Crippen LogP contribution in [0.4, 0.5) is 4.39 Å². The fourth-order valence-corrected chi connectivity index (χ4v) is 3.59. The molecule has 0 saturated carbocycles. The van der Waals surface area contributed by atoms with Crippen LogP contribution in [-0.2, 0) is 4.79 Å². The molecule has 2 aromatic carbocycles. The van der Waals surface area contributed by atoms with Crippen LogP contribution in [0.3, 0.4) is 0 Å². The van der Waals surface area contributed by atoms with Gasteiger partial charge in [-0.3, -0.25) is 9.59 Å². The second kappa shape index (κ2) is 10.3. The van der Waals surface area contributed by atoms with Crippen molar-refractivity contribution >= 4 is 29.6 Å². The summed E-state index contributed by atoms with van der Waals surface area (Å²) in [5.41, 5.74) is 3.03. The Morgan fingerprint density at radius 1 is 1.16 bits per heavy atom. The van der Waals surface area contributed by atoms with Gasteiger partial charge in [0.2, 0.25) is 5.91 Å². The molecule has 0 aromatic heterocycles. The van der Waals surface area contributed by atoms with Crippen LogP contribution in [0.25, 0.3) is 0 Å². The third kappa shape index (κ3) is 5.32. The summed E-state index contributed by atoms with van der Waals surface area (Å²) in [5, 5.41) is 4.03. The van der Waals surface area contributed by atoms with Crippen LogP contribution in [-0.4, -0.2) is 50.2 Å². The lowest BCUT2D eigenvalue weighted by atomic mass is 9.95. The van der Waals surface area contributed by atoms with E-state index < -0.39 is 5.82 Å². The highest BCUT2D eigenvalue weighted by atomic mass is 35.5. The Balaban J connectivity index is 1.55. The predicted octanol–water partition coefficient (Wildman–Crippen LogP) is 3.50. The molecule has 7 nitrogen and oxygen atoms in total. The standard InChI is InChI=1S/C22H23ClFN3O4/c1-30-19-7-6-15(12-20(19)31-2)22(29)27-10-8-14(9-11-27)21(28)26-25-13-16-17(23)4-3-5-18(16)24/h3-7,12-14H,8-11H2,1-2H3,(H,26,28)/b25-13-. The Morgan fingerprint density at radius 2 is 1.87 bits per heavy atom. The SMILES string of the molecule is COc1ccc(C(=O)N2CCC(C(=O)N/N=C\c3c(F)cccc3Cl)CC2)cc1OC. The van der Waals surface area contributed by atoms with E-state index in [1.54, 1.807) is 29.2 Å².